The van der Waals surface area contributed by atoms with E-state index in [-0.39, 0.29) is 5.56 Å². The molecule has 0 radical (unpaired) electrons. The van der Waals surface area contributed by atoms with Crippen molar-refractivity contribution in [1.82, 2.24) is 9.97 Å². The summed E-state index contributed by atoms with van der Waals surface area (Å²) >= 11 is 0. The quantitative estimate of drug-likeness (QED) is 0.791. The lowest BCUT2D eigenvalue weighted by atomic mass is 10.1. The van der Waals surface area contributed by atoms with Gasteiger partial charge in [0, 0.05) is 6.54 Å². The SMILES string of the molecule is C=c1nc2c(c(=O)[nH]1)=Nc1ccc(C)cc1N2CCCc1ccccc1. The Morgan fingerprint density at radius 2 is 1.96 bits per heavy atom. The normalized spacial score (nSPS) is 12.3. The number of nitrogens with zero attached hydrogens (tertiary/aromatic N) is 3. The fraction of sp³-hybridized carbons (Fsp3) is 0.190. The topological polar surface area (TPSA) is 61.4 Å². The van der Waals surface area contributed by atoms with E-state index in [9.17, 15) is 4.79 Å². The number of aromatic amines is 1. The first kappa shape index (κ1) is 16.3. The van der Waals surface area contributed by atoms with Gasteiger partial charge in [0.05, 0.1) is 11.4 Å². The number of H-pyrrole nitrogens is 1. The summed E-state index contributed by atoms with van der Waals surface area (Å²) in [5.74, 6) is 0.588. The minimum Gasteiger partial charge on any atom is -0.322 e. The first-order valence-corrected chi connectivity index (χ1v) is 8.72. The summed E-state index contributed by atoms with van der Waals surface area (Å²) in [6.45, 7) is 6.60. The highest BCUT2D eigenvalue weighted by Gasteiger charge is 2.22. The Bertz CT molecular complexity index is 1120. The molecular formula is C21H20N4O. The molecule has 0 aliphatic carbocycles. The van der Waals surface area contributed by atoms with Crippen LogP contribution in [0.2, 0.25) is 0 Å². The van der Waals surface area contributed by atoms with Crippen LogP contribution in [0.15, 0.2) is 58.3 Å². The van der Waals surface area contributed by atoms with Crippen molar-refractivity contribution < 1.29 is 0 Å². The molecule has 5 nitrogen and oxygen atoms in total. The average Bonchev–Trinajstić information content (AvgIpc) is 2.63. The van der Waals surface area contributed by atoms with Gasteiger partial charge in [0.1, 0.15) is 5.48 Å². The van der Waals surface area contributed by atoms with Gasteiger partial charge in [-0.25, -0.2) is 9.98 Å². The number of rotatable bonds is 4. The van der Waals surface area contributed by atoms with Crippen molar-refractivity contribution in [2.75, 3.05) is 11.4 Å². The molecule has 26 heavy (non-hydrogen) atoms. The molecule has 1 aliphatic heterocycles. The van der Waals surface area contributed by atoms with Gasteiger partial charge in [0.15, 0.2) is 11.2 Å². The number of aryl methyl sites for hydroxylation is 2. The molecule has 0 unspecified atom stereocenters. The van der Waals surface area contributed by atoms with Crippen molar-refractivity contribution in [2.24, 2.45) is 4.99 Å². The van der Waals surface area contributed by atoms with Crippen LogP contribution < -0.4 is 21.3 Å². The van der Waals surface area contributed by atoms with E-state index < -0.39 is 0 Å². The lowest BCUT2D eigenvalue weighted by molar-refractivity contribution is 0.784. The van der Waals surface area contributed by atoms with Crippen LogP contribution >= 0.6 is 0 Å². The maximum atomic E-state index is 12.3. The maximum absolute atomic E-state index is 12.3. The molecule has 5 heteroatoms. The number of benzene rings is 2. The van der Waals surface area contributed by atoms with E-state index in [1.54, 1.807) is 0 Å². The average molecular weight is 344 g/mol. The zero-order chi connectivity index (χ0) is 18.1. The zero-order valence-electron chi connectivity index (χ0n) is 14.7. The van der Waals surface area contributed by atoms with E-state index in [1.807, 2.05) is 18.2 Å². The number of hydrogen-bond acceptors (Lipinski definition) is 4. The molecule has 2 aromatic carbocycles. The first-order valence-electron chi connectivity index (χ1n) is 8.72. The standard InChI is InChI=1S/C21H20N4O/c1-14-10-11-17-18(13-14)25(12-6-9-16-7-4-3-5-8-16)20-19(24-17)21(26)23-15(2)22-20/h3-5,7-8,10-11,13H,2,6,9,12H2,1H3,(H,23,26). The second kappa shape index (κ2) is 6.59. The summed E-state index contributed by atoms with van der Waals surface area (Å²) in [4.78, 5) is 26.1. The summed E-state index contributed by atoms with van der Waals surface area (Å²) < 4.78 is 0. The fourth-order valence-electron chi connectivity index (χ4n) is 3.28. The van der Waals surface area contributed by atoms with E-state index in [1.165, 1.54) is 5.56 Å². The smallest absolute Gasteiger partial charge is 0.279 e. The minimum absolute atomic E-state index is 0.251. The van der Waals surface area contributed by atoms with E-state index in [0.29, 0.717) is 16.7 Å². The van der Waals surface area contributed by atoms with Gasteiger partial charge >= 0.3 is 0 Å². The second-order valence-corrected chi connectivity index (χ2v) is 6.53. The Morgan fingerprint density at radius 3 is 2.77 bits per heavy atom. The molecule has 0 bridgehead atoms. The van der Waals surface area contributed by atoms with Gasteiger partial charge in [-0.15, -0.1) is 0 Å². The van der Waals surface area contributed by atoms with Gasteiger partial charge < -0.3 is 9.88 Å². The van der Waals surface area contributed by atoms with E-state index in [2.05, 4.69) is 63.7 Å². The highest BCUT2D eigenvalue weighted by molar-refractivity contribution is 5.76. The van der Waals surface area contributed by atoms with E-state index >= 15 is 0 Å². The molecule has 0 spiro atoms. The van der Waals surface area contributed by atoms with Crippen molar-refractivity contribution in [3.63, 3.8) is 0 Å². The third-order valence-corrected chi connectivity index (χ3v) is 4.53. The predicted octanol–water partition coefficient (Wildman–Crippen LogP) is 2.52. The molecule has 1 N–H and O–H groups in total. The second-order valence-electron chi connectivity index (χ2n) is 6.53. The molecule has 4 rings (SSSR count). The van der Waals surface area contributed by atoms with E-state index in [4.69, 9.17) is 0 Å². The summed E-state index contributed by atoms with van der Waals surface area (Å²) in [7, 11) is 0. The van der Waals surface area contributed by atoms with Crippen LogP contribution in [0.3, 0.4) is 0 Å². The Balaban J connectivity index is 1.73. The summed E-state index contributed by atoms with van der Waals surface area (Å²) in [6.07, 6.45) is 1.91. The fourth-order valence-corrected chi connectivity index (χ4v) is 3.28. The number of anilines is 2. The number of hydrogen-bond donors (Lipinski definition) is 1. The van der Waals surface area contributed by atoms with Crippen molar-refractivity contribution in [1.29, 1.82) is 0 Å². The van der Waals surface area contributed by atoms with Crippen LogP contribution in [0, 0.1) is 6.92 Å². The molecule has 1 aliphatic rings. The molecule has 0 atom stereocenters. The van der Waals surface area contributed by atoms with Crippen LogP contribution in [0.4, 0.5) is 17.2 Å². The van der Waals surface area contributed by atoms with Crippen molar-refractivity contribution in [2.45, 2.75) is 19.8 Å². The first-order chi connectivity index (χ1) is 12.6. The number of nitrogens with one attached hydrogen (secondary N) is 1. The summed E-state index contributed by atoms with van der Waals surface area (Å²) in [5, 5.41) is 0.355. The molecule has 1 aromatic heterocycles. The molecule has 0 saturated heterocycles. The van der Waals surface area contributed by atoms with Gasteiger partial charge in [-0.05, 0) is 43.0 Å². The highest BCUT2D eigenvalue weighted by atomic mass is 16.1. The minimum atomic E-state index is -0.251. The summed E-state index contributed by atoms with van der Waals surface area (Å²) in [5.41, 5.74) is 4.34. The van der Waals surface area contributed by atoms with Crippen molar-refractivity contribution in [3.8, 4) is 0 Å². The third-order valence-electron chi connectivity index (χ3n) is 4.53. The zero-order valence-corrected chi connectivity index (χ0v) is 14.7. The third kappa shape index (κ3) is 3.04. The molecule has 130 valence electrons. The Labute approximate surface area is 151 Å². The molecule has 2 heterocycles. The molecular weight excluding hydrogens is 324 g/mol. The predicted molar refractivity (Wildman–Crippen MR) is 104 cm³/mol. The van der Waals surface area contributed by atoms with E-state index in [0.717, 1.165) is 36.3 Å². The van der Waals surface area contributed by atoms with Crippen LogP contribution in [0.5, 0.6) is 0 Å². The number of aromatic nitrogens is 2. The van der Waals surface area contributed by atoms with Gasteiger partial charge in [-0.3, -0.25) is 4.79 Å². The monoisotopic (exact) mass is 344 g/mol. The lowest BCUT2D eigenvalue weighted by Gasteiger charge is -2.28. The van der Waals surface area contributed by atoms with Crippen molar-refractivity contribution >= 4 is 23.8 Å². The molecule has 0 amide bonds. The van der Waals surface area contributed by atoms with Gasteiger partial charge in [0.25, 0.3) is 5.56 Å². The number of fused-ring (bicyclic) bond motifs is 2. The van der Waals surface area contributed by atoms with Crippen LogP contribution in [0.25, 0.3) is 6.58 Å². The highest BCUT2D eigenvalue weighted by Crippen LogP contribution is 2.35. The Kier molecular flexibility index (Phi) is 4.13. The van der Waals surface area contributed by atoms with Crippen molar-refractivity contribution in [3.05, 3.63) is 80.8 Å². The molecule has 0 saturated carbocycles. The molecule has 3 aromatic rings. The van der Waals surface area contributed by atoms with Crippen LogP contribution in [-0.4, -0.2) is 16.5 Å². The molecule has 0 fully saturated rings. The van der Waals surface area contributed by atoms with Gasteiger partial charge in [-0.2, -0.15) is 0 Å². The largest absolute Gasteiger partial charge is 0.322 e. The van der Waals surface area contributed by atoms with Gasteiger partial charge in [-0.1, -0.05) is 43.0 Å². The van der Waals surface area contributed by atoms with Gasteiger partial charge in [0.2, 0.25) is 0 Å². The maximum Gasteiger partial charge on any atom is 0.279 e. The summed E-state index contributed by atoms with van der Waals surface area (Å²) in [6, 6.07) is 16.5. The Morgan fingerprint density at radius 1 is 1.15 bits per heavy atom. The Hall–Kier alpha value is -3.21. The lowest BCUT2D eigenvalue weighted by Crippen LogP contribution is -2.42. The van der Waals surface area contributed by atoms with Crippen LogP contribution in [0.1, 0.15) is 17.5 Å². The van der Waals surface area contributed by atoms with Crippen LogP contribution in [-0.2, 0) is 6.42 Å².